The van der Waals surface area contributed by atoms with Gasteiger partial charge in [0.25, 0.3) is 5.56 Å². The summed E-state index contributed by atoms with van der Waals surface area (Å²) in [6, 6.07) is 21.9. The van der Waals surface area contributed by atoms with Crippen molar-refractivity contribution in [2.24, 2.45) is 0 Å². The number of aromatic nitrogens is 6. The molecular formula is C25H19ClN6O2. The zero-order valence-corrected chi connectivity index (χ0v) is 18.9. The van der Waals surface area contributed by atoms with E-state index in [9.17, 15) is 9.59 Å². The molecule has 0 fully saturated rings. The van der Waals surface area contributed by atoms with Gasteiger partial charge in [0.2, 0.25) is 5.78 Å². The number of nitrogens with zero attached hydrogens (tertiary/aromatic N) is 5. The van der Waals surface area contributed by atoms with E-state index in [-0.39, 0.29) is 11.3 Å². The van der Waals surface area contributed by atoms with Crippen LogP contribution >= 0.6 is 11.6 Å². The highest BCUT2D eigenvalue weighted by Gasteiger charge is 2.28. The molecule has 0 unspecified atom stereocenters. The predicted octanol–water partition coefficient (Wildman–Crippen LogP) is 4.06. The minimum absolute atomic E-state index is 0.0124. The number of nitrogens with one attached hydrogen (secondary N) is 1. The van der Waals surface area contributed by atoms with Gasteiger partial charge in [0.1, 0.15) is 10.7 Å². The van der Waals surface area contributed by atoms with E-state index in [0.717, 1.165) is 11.1 Å². The van der Waals surface area contributed by atoms with Gasteiger partial charge in [0.15, 0.2) is 5.69 Å². The molecule has 0 saturated carbocycles. The summed E-state index contributed by atoms with van der Waals surface area (Å²) in [6.07, 6.45) is 1.64. The molecule has 0 saturated heterocycles. The Balaban J connectivity index is 1.59. The molecule has 168 valence electrons. The maximum absolute atomic E-state index is 13.7. The Morgan fingerprint density at radius 2 is 1.71 bits per heavy atom. The summed E-state index contributed by atoms with van der Waals surface area (Å²) < 4.78 is 2.97. The zero-order valence-electron chi connectivity index (χ0n) is 18.1. The number of para-hydroxylation sites is 1. The van der Waals surface area contributed by atoms with E-state index in [1.807, 2.05) is 54.6 Å². The Kier molecular flexibility index (Phi) is 5.65. The summed E-state index contributed by atoms with van der Waals surface area (Å²) in [5, 5.41) is 11.8. The maximum atomic E-state index is 13.7. The molecule has 3 aromatic heterocycles. The third-order valence-corrected chi connectivity index (χ3v) is 5.74. The number of aromatic amines is 1. The van der Waals surface area contributed by atoms with Gasteiger partial charge in [-0.25, -0.2) is 14.3 Å². The molecule has 3 heterocycles. The van der Waals surface area contributed by atoms with Crippen LogP contribution in [0, 0.1) is 6.92 Å². The Bertz CT molecular complexity index is 1520. The molecule has 0 bridgehead atoms. The number of hydrogen-bond acceptors (Lipinski definition) is 5. The van der Waals surface area contributed by atoms with E-state index < -0.39 is 11.3 Å². The number of benzene rings is 2. The lowest BCUT2D eigenvalue weighted by molar-refractivity contribution is 0.103. The fourth-order valence-corrected chi connectivity index (χ4v) is 3.84. The van der Waals surface area contributed by atoms with Crippen molar-refractivity contribution in [3.8, 4) is 16.9 Å². The van der Waals surface area contributed by atoms with Gasteiger partial charge in [0.05, 0.1) is 23.6 Å². The number of ketones is 1. The first-order chi connectivity index (χ1) is 16.5. The summed E-state index contributed by atoms with van der Waals surface area (Å²) in [4.78, 5) is 31.2. The van der Waals surface area contributed by atoms with Crippen LogP contribution in [0.1, 0.15) is 27.3 Å². The number of carbonyl (C=O) groups is 1. The van der Waals surface area contributed by atoms with E-state index in [0.29, 0.717) is 28.8 Å². The van der Waals surface area contributed by atoms with Crippen molar-refractivity contribution in [3.05, 3.63) is 117 Å². The lowest BCUT2D eigenvalue weighted by Crippen LogP contribution is -2.21. The first-order valence-corrected chi connectivity index (χ1v) is 10.9. The molecule has 0 atom stereocenters. The minimum atomic E-state index is -0.493. The number of hydrogen-bond donors (Lipinski definition) is 1. The van der Waals surface area contributed by atoms with E-state index in [2.05, 4.69) is 20.4 Å². The van der Waals surface area contributed by atoms with Gasteiger partial charge in [-0.15, -0.1) is 5.10 Å². The zero-order chi connectivity index (χ0) is 23.7. The molecule has 9 heteroatoms. The molecule has 5 aromatic rings. The van der Waals surface area contributed by atoms with Crippen LogP contribution in [-0.4, -0.2) is 35.5 Å². The van der Waals surface area contributed by atoms with Crippen molar-refractivity contribution in [2.45, 2.75) is 13.5 Å². The largest absolute Gasteiger partial charge is 0.290 e. The van der Waals surface area contributed by atoms with Gasteiger partial charge in [-0.3, -0.25) is 14.7 Å². The predicted molar refractivity (Wildman–Crippen MR) is 128 cm³/mol. The Morgan fingerprint density at radius 1 is 1.00 bits per heavy atom. The average molecular weight is 471 g/mol. The molecule has 0 spiro atoms. The van der Waals surface area contributed by atoms with Crippen LogP contribution in [0.5, 0.6) is 0 Å². The standard InChI is InChI=1S/C25H19ClN6O2/c1-16-22(28-30-31(16)15-17-12-13-20(26)27-14-17)24(33)21-23(18-8-4-2-5-9-18)29-32(25(21)34)19-10-6-3-7-11-19/h2-14,29H,15H2,1H3. The fourth-order valence-electron chi connectivity index (χ4n) is 3.73. The normalized spacial score (nSPS) is 11.0. The summed E-state index contributed by atoms with van der Waals surface area (Å²) in [5.41, 5.74) is 2.85. The Morgan fingerprint density at radius 3 is 2.38 bits per heavy atom. The topological polar surface area (TPSA) is 98.5 Å². The summed E-state index contributed by atoms with van der Waals surface area (Å²) in [6.45, 7) is 2.12. The van der Waals surface area contributed by atoms with Gasteiger partial charge in [0, 0.05) is 11.8 Å². The molecule has 0 radical (unpaired) electrons. The van der Waals surface area contributed by atoms with Crippen molar-refractivity contribution >= 4 is 17.4 Å². The Hall–Kier alpha value is -4.30. The SMILES string of the molecule is Cc1c(C(=O)c2c(-c3ccccc3)[nH]n(-c3ccccc3)c2=O)nnn1Cc1ccc(Cl)nc1. The third kappa shape index (κ3) is 3.95. The third-order valence-electron chi connectivity index (χ3n) is 5.51. The average Bonchev–Trinajstić information content (AvgIpc) is 3.41. The molecule has 0 aliphatic carbocycles. The monoisotopic (exact) mass is 470 g/mol. The molecule has 34 heavy (non-hydrogen) atoms. The van der Waals surface area contributed by atoms with Crippen molar-refractivity contribution in [1.82, 2.24) is 29.8 Å². The number of pyridine rings is 1. The van der Waals surface area contributed by atoms with Gasteiger partial charge < -0.3 is 0 Å². The quantitative estimate of drug-likeness (QED) is 0.298. The van der Waals surface area contributed by atoms with Crippen molar-refractivity contribution in [1.29, 1.82) is 0 Å². The first kappa shape index (κ1) is 21.5. The minimum Gasteiger partial charge on any atom is -0.290 e. The molecule has 5 rings (SSSR count). The summed E-state index contributed by atoms with van der Waals surface area (Å²) in [5.74, 6) is -0.493. The highest BCUT2D eigenvalue weighted by Crippen LogP contribution is 2.23. The molecule has 8 nitrogen and oxygen atoms in total. The van der Waals surface area contributed by atoms with Crippen LogP contribution in [0.3, 0.4) is 0 Å². The number of H-pyrrole nitrogens is 1. The van der Waals surface area contributed by atoms with Gasteiger partial charge >= 0.3 is 0 Å². The highest BCUT2D eigenvalue weighted by molar-refractivity contribution is 6.29. The van der Waals surface area contributed by atoms with E-state index in [1.165, 1.54) is 4.68 Å². The Labute approximate surface area is 199 Å². The van der Waals surface area contributed by atoms with Gasteiger partial charge in [-0.05, 0) is 30.7 Å². The van der Waals surface area contributed by atoms with Crippen molar-refractivity contribution in [2.75, 3.05) is 0 Å². The van der Waals surface area contributed by atoms with E-state index in [1.54, 1.807) is 36.0 Å². The smallest absolute Gasteiger partial charge is 0.283 e. The number of halogens is 1. The summed E-state index contributed by atoms with van der Waals surface area (Å²) in [7, 11) is 0. The van der Waals surface area contributed by atoms with Crippen molar-refractivity contribution < 1.29 is 4.79 Å². The van der Waals surface area contributed by atoms with Crippen LogP contribution in [0.2, 0.25) is 5.15 Å². The number of rotatable bonds is 6. The summed E-state index contributed by atoms with van der Waals surface area (Å²) >= 11 is 5.86. The van der Waals surface area contributed by atoms with Crippen LogP contribution in [0.25, 0.3) is 16.9 Å². The van der Waals surface area contributed by atoms with Crippen LogP contribution in [0.15, 0.2) is 83.8 Å². The van der Waals surface area contributed by atoms with E-state index in [4.69, 9.17) is 11.6 Å². The highest BCUT2D eigenvalue weighted by atomic mass is 35.5. The van der Waals surface area contributed by atoms with Crippen LogP contribution in [-0.2, 0) is 6.54 Å². The van der Waals surface area contributed by atoms with Crippen LogP contribution < -0.4 is 5.56 Å². The fraction of sp³-hybridized carbons (Fsp3) is 0.0800. The second-order valence-electron chi connectivity index (χ2n) is 7.70. The lowest BCUT2D eigenvalue weighted by Gasteiger charge is -2.04. The molecule has 0 aliphatic heterocycles. The molecule has 0 amide bonds. The van der Waals surface area contributed by atoms with Gasteiger partial charge in [-0.1, -0.05) is 71.4 Å². The molecule has 0 aliphatic rings. The lowest BCUT2D eigenvalue weighted by atomic mass is 10.0. The second kappa shape index (κ2) is 8.92. The number of carbonyl (C=O) groups excluding carboxylic acids is 1. The van der Waals surface area contributed by atoms with Gasteiger partial charge in [-0.2, -0.15) is 0 Å². The molecule has 2 aromatic carbocycles. The van der Waals surface area contributed by atoms with Crippen molar-refractivity contribution in [3.63, 3.8) is 0 Å². The second-order valence-corrected chi connectivity index (χ2v) is 8.09. The molecule has 1 N–H and O–H groups in total. The van der Waals surface area contributed by atoms with Crippen LogP contribution in [0.4, 0.5) is 0 Å². The molecular weight excluding hydrogens is 452 g/mol. The first-order valence-electron chi connectivity index (χ1n) is 10.5. The van der Waals surface area contributed by atoms with E-state index >= 15 is 0 Å². The maximum Gasteiger partial charge on any atom is 0.283 e.